The molecule has 3 heterocycles. The molecule has 0 aliphatic carbocycles. The van der Waals surface area contributed by atoms with Crippen LogP contribution in [0.25, 0.3) is 5.65 Å². The molecule has 98 valence electrons. The zero-order valence-electron chi connectivity index (χ0n) is 9.97. The van der Waals surface area contributed by atoms with Gasteiger partial charge in [-0.1, -0.05) is 17.7 Å². The number of nitrogens with one attached hydrogen (secondary N) is 1. The Balaban J connectivity index is 2.01. The SMILES string of the molecule is O=C1CN(C(=O)c2c(Cl)nc3ccccn23)CCN1. The van der Waals surface area contributed by atoms with Gasteiger partial charge in [0, 0.05) is 19.3 Å². The van der Waals surface area contributed by atoms with Crippen LogP contribution >= 0.6 is 11.6 Å². The minimum atomic E-state index is -0.279. The van der Waals surface area contributed by atoms with Gasteiger partial charge in [-0.15, -0.1) is 0 Å². The molecule has 0 spiro atoms. The fourth-order valence-corrected chi connectivity index (χ4v) is 2.38. The summed E-state index contributed by atoms with van der Waals surface area (Å²) in [5.74, 6) is -0.442. The number of pyridine rings is 1. The molecule has 3 rings (SSSR count). The largest absolute Gasteiger partial charge is 0.353 e. The van der Waals surface area contributed by atoms with Gasteiger partial charge in [0.15, 0.2) is 10.8 Å². The zero-order chi connectivity index (χ0) is 13.4. The molecule has 0 radical (unpaired) electrons. The van der Waals surface area contributed by atoms with Crippen LogP contribution in [0.3, 0.4) is 0 Å². The highest BCUT2D eigenvalue weighted by atomic mass is 35.5. The van der Waals surface area contributed by atoms with E-state index in [0.717, 1.165) is 0 Å². The first-order chi connectivity index (χ1) is 9.16. The summed E-state index contributed by atoms with van der Waals surface area (Å²) in [4.78, 5) is 29.4. The van der Waals surface area contributed by atoms with E-state index in [1.807, 2.05) is 6.07 Å². The Kier molecular flexibility index (Phi) is 2.87. The van der Waals surface area contributed by atoms with Gasteiger partial charge in [0.05, 0.1) is 6.54 Å². The molecule has 0 saturated carbocycles. The maximum Gasteiger partial charge on any atom is 0.274 e. The average molecular weight is 279 g/mol. The van der Waals surface area contributed by atoms with E-state index in [9.17, 15) is 9.59 Å². The van der Waals surface area contributed by atoms with Gasteiger partial charge < -0.3 is 10.2 Å². The highest BCUT2D eigenvalue weighted by molar-refractivity contribution is 6.32. The van der Waals surface area contributed by atoms with E-state index in [1.54, 1.807) is 22.7 Å². The summed E-state index contributed by atoms with van der Waals surface area (Å²) < 4.78 is 1.64. The summed E-state index contributed by atoms with van der Waals surface area (Å²) >= 11 is 6.04. The lowest BCUT2D eigenvalue weighted by Gasteiger charge is -2.26. The highest BCUT2D eigenvalue weighted by Crippen LogP contribution is 2.19. The summed E-state index contributed by atoms with van der Waals surface area (Å²) in [6, 6.07) is 5.39. The van der Waals surface area contributed by atoms with E-state index in [0.29, 0.717) is 24.4 Å². The Bertz CT molecular complexity index is 667. The lowest BCUT2D eigenvalue weighted by Crippen LogP contribution is -2.50. The summed E-state index contributed by atoms with van der Waals surface area (Å²) in [6.45, 7) is 0.981. The van der Waals surface area contributed by atoms with Crippen LogP contribution in [0.2, 0.25) is 5.15 Å². The third kappa shape index (κ3) is 2.04. The Morgan fingerprint density at radius 3 is 3.05 bits per heavy atom. The van der Waals surface area contributed by atoms with Gasteiger partial charge in [-0.25, -0.2) is 4.98 Å². The van der Waals surface area contributed by atoms with E-state index in [1.165, 1.54) is 4.90 Å². The number of hydrogen-bond donors (Lipinski definition) is 1. The molecule has 1 aliphatic rings. The van der Waals surface area contributed by atoms with Gasteiger partial charge in [0.25, 0.3) is 5.91 Å². The number of carbonyl (C=O) groups is 2. The van der Waals surface area contributed by atoms with E-state index in [-0.39, 0.29) is 23.5 Å². The maximum atomic E-state index is 12.4. The van der Waals surface area contributed by atoms with Crippen LogP contribution < -0.4 is 5.32 Å². The lowest BCUT2D eigenvalue weighted by atomic mass is 10.3. The molecule has 2 aromatic rings. The van der Waals surface area contributed by atoms with E-state index in [2.05, 4.69) is 10.3 Å². The van der Waals surface area contributed by atoms with Gasteiger partial charge in [-0.3, -0.25) is 14.0 Å². The smallest absolute Gasteiger partial charge is 0.274 e. The number of hydrogen-bond acceptors (Lipinski definition) is 3. The number of nitrogens with zero attached hydrogens (tertiary/aromatic N) is 3. The molecule has 1 fully saturated rings. The van der Waals surface area contributed by atoms with Crippen LogP contribution in [0, 0.1) is 0 Å². The predicted molar refractivity (Wildman–Crippen MR) is 69.1 cm³/mol. The van der Waals surface area contributed by atoms with Crippen molar-refractivity contribution in [2.45, 2.75) is 0 Å². The van der Waals surface area contributed by atoms with Gasteiger partial charge >= 0.3 is 0 Å². The molecule has 19 heavy (non-hydrogen) atoms. The summed E-state index contributed by atoms with van der Waals surface area (Å²) in [5, 5.41) is 2.83. The number of imidazole rings is 1. The Hall–Kier alpha value is -2.08. The van der Waals surface area contributed by atoms with Gasteiger partial charge in [-0.2, -0.15) is 0 Å². The standard InChI is InChI=1S/C12H11ClN4O2/c13-11-10(17-5-2-1-3-8(17)15-11)12(19)16-6-4-14-9(18)7-16/h1-3,5H,4,6-7H2,(H,14,18). The van der Waals surface area contributed by atoms with Crippen molar-refractivity contribution in [1.82, 2.24) is 19.6 Å². The Labute approximate surface area is 114 Å². The van der Waals surface area contributed by atoms with Gasteiger partial charge in [0.2, 0.25) is 5.91 Å². The maximum absolute atomic E-state index is 12.4. The molecule has 1 aliphatic heterocycles. The molecule has 2 aromatic heterocycles. The minimum Gasteiger partial charge on any atom is -0.353 e. The molecule has 6 nitrogen and oxygen atoms in total. The first-order valence-corrected chi connectivity index (χ1v) is 6.23. The Morgan fingerprint density at radius 1 is 1.42 bits per heavy atom. The van der Waals surface area contributed by atoms with Gasteiger partial charge in [-0.05, 0) is 12.1 Å². The van der Waals surface area contributed by atoms with Crippen LogP contribution in [0.15, 0.2) is 24.4 Å². The Morgan fingerprint density at radius 2 is 2.26 bits per heavy atom. The molecule has 0 atom stereocenters. The molecule has 7 heteroatoms. The van der Waals surface area contributed by atoms with Crippen molar-refractivity contribution in [2.75, 3.05) is 19.6 Å². The van der Waals surface area contributed by atoms with E-state index < -0.39 is 0 Å². The van der Waals surface area contributed by atoms with Crippen molar-refractivity contribution in [3.63, 3.8) is 0 Å². The van der Waals surface area contributed by atoms with Crippen LogP contribution in [-0.4, -0.2) is 45.7 Å². The van der Waals surface area contributed by atoms with E-state index in [4.69, 9.17) is 11.6 Å². The number of aromatic nitrogens is 2. The van der Waals surface area contributed by atoms with Crippen molar-refractivity contribution in [3.05, 3.63) is 35.2 Å². The number of fused-ring (bicyclic) bond motifs is 1. The number of halogens is 1. The van der Waals surface area contributed by atoms with Crippen molar-refractivity contribution < 1.29 is 9.59 Å². The first-order valence-electron chi connectivity index (χ1n) is 5.85. The van der Waals surface area contributed by atoms with Crippen molar-refractivity contribution >= 4 is 29.1 Å². The van der Waals surface area contributed by atoms with Crippen LogP contribution in [-0.2, 0) is 4.79 Å². The second kappa shape index (κ2) is 4.55. The minimum absolute atomic E-state index is 0.0508. The predicted octanol–water partition coefficient (Wildman–Crippen LogP) is 0.560. The second-order valence-corrected chi connectivity index (χ2v) is 4.61. The normalized spacial score (nSPS) is 15.6. The van der Waals surface area contributed by atoms with Gasteiger partial charge in [0.1, 0.15) is 5.65 Å². The van der Waals surface area contributed by atoms with Crippen molar-refractivity contribution in [2.24, 2.45) is 0 Å². The highest BCUT2D eigenvalue weighted by Gasteiger charge is 2.27. The van der Waals surface area contributed by atoms with Crippen LogP contribution in [0.5, 0.6) is 0 Å². The fraction of sp³-hybridized carbons (Fsp3) is 0.250. The third-order valence-corrected chi connectivity index (χ3v) is 3.28. The summed E-state index contributed by atoms with van der Waals surface area (Å²) in [5.41, 5.74) is 0.907. The molecular formula is C12H11ClN4O2. The first kappa shape index (κ1) is 12.0. The number of rotatable bonds is 1. The van der Waals surface area contributed by atoms with E-state index >= 15 is 0 Å². The van der Waals surface area contributed by atoms with Crippen molar-refractivity contribution in [3.8, 4) is 0 Å². The number of amides is 2. The van der Waals surface area contributed by atoms with Crippen molar-refractivity contribution in [1.29, 1.82) is 0 Å². The molecular weight excluding hydrogens is 268 g/mol. The molecule has 1 saturated heterocycles. The summed E-state index contributed by atoms with van der Waals surface area (Å²) in [6.07, 6.45) is 1.73. The molecule has 2 amide bonds. The molecule has 0 unspecified atom stereocenters. The quantitative estimate of drug-likeness (QED) is 0.829. The van der Waals surface area contributed by atoms with Crippen LogP contribution in [0.4, 0.5) is 0 Å². The number of piperazine rings is 1. The monoisotopic (exact) mass is 278 g/mol. The zero-order valence-corrected chi connectivity index (χ0v) is 10.7. The molecule has 1 N–H and O–H groups in total. The topological polar surface area (TPSA) is 66.7 Å². The lowest BCUT2D eigenvalue weighted by molar-refractivity contribution is -0.123. The summed E-state index contributed by atoms with van der Waals surface area (Å²) in [7, 11) is 0. The third-order valence-electron chi connectivity index (χ3n) is 3.02. The van der Waals surface area contributed by atoms with Crippen LogP contribution in [0.1, 0.15) is 10.5 Å². The molecule has 0 bridgehead atoms. The second-order valence-electron chi connectivity index (χ2n) is 4.26. The molecule has 0 aromatic carbocycles. The average Bonchev–Trinajstić information content (AvgIpc) is 2.74. The number of carbonyl (C=O) groups excluding carboxylic acids is 2. The fourth-order valence-electron chi connectivity index (χ4n) is 2.12.